The lowest BCUT2D eigenvalue weighted by molar-refractivity contribution is -0.104. The minimum absolute atomic E-state index is 0.368. The van der Waals surface area contributed by atoms with Crippen LogP contribution in [-0.4, -0.2) is 95.9 Å². The number of hydroxylamine groups is 1. The van der Waals surface area contributed by atoms with Crippen LogP contribution in [0.4, 0.5) is 5.82 Å². The molecule has 0 unspecified atom stereocenters. The lowest BCUT2D eigenvalue weighted by Gasteiger charge is -2.28. The molecule has 0 amide bonds. The molecule has 0 aliphatic carbocycles. The van der Waals surface area contributed by atoms with Crippen molar-refractivity contribution in [2.75, 3.05) is 52.0 Å². The molecule has 0 bridgehead atoms. The number of aryl methyl sites for hydroxylation is 1. The van der Waals surface area contributed by atoms with E-state index in [0.717, 1.165) is 40.8 Å². The quantitative estimate of drug-likeness (QED) is 0.190. The smallest absolute Gasteiger partial charge is 0.174 e. The minimum atomic E-state index is 0.368. The van der Waals surface area contributed by atoms with Crippen LogP contribution in [-0.2, 0) is 23.1 Å². The largest absolute Gasteiger partial charge is 0.378 e. The van der Waals surface area contributed by atoms with Gasteiger partial charge >= 0.3 is 0 Å². The molecular weight excluding hydrogens is 482 g/mol. The van der Waals surface area contributed by atoms with Crippen LogP contribution >= 0.6 is 11.3 Å². The van der Waals surface area contributed by atoms with Crippen LogP contribution in [0.3, 0.4) is 0 Å². The van der Waals surface area contributed by atoms with Gasteiger partial charge in [0, 0.05) is 39.6 Å². The van der Waals surface area contributed by atoms with Crippen LogP contribution in [0.15, 0.2) is 39.3 Å². The van der Waals surface area contributed by atoms with Crippen molar-refractivity contribution >= 4 is 47.5 Å². The summed E-state index contributed by atoms with van der Waals surface area (Å²) < 4.78 is 7.54. The molecule has 2 N–H and O–H groups in total. The van der Waals surface area contributed by atoms with Crippen molar-refractivity contribution in [1.29, 1.82) is 0 Å². The molecule has 1 aliphatic heterocycles. The molecule has 0 radical (unpaired) electrons. The molecule has 3 aromatic rings. The second-order valence-electron chi connectivity index (χ2n) is 7.83. The maximum atomic E-state index is 11.0. The van der Waals surface area contributed by atoms with Crippen molar-refractivity contribution in [2.24, 2.45) is 17.0 Å². The second kappa shape index (κ2) is 13.7. The third kappa shape index (κ3) is 6.86. The predicted octanol–water partition coefficient (Wildman–Crippen LogP) is 1.77. The fraction of sp³-hybridized carbons (Fsp3) is 0.391. The molecule has 192 valence electrons. The number of carbonyl (C=O) groups is 1. The van der Waals surface area contributed by atoms with Crippen LogP contribution in [0.25, 0.3) is 21.9 Å². The van der Waals surface area contributed by atoms with Gasteiger partial charge in [-0.1, -0.05) is 6.07 Å². The van der Waals surface area contributed by atoms with Crippen molar-refractivity contribution in [3.8, 4) is 10.7 Å². The minimum Gasteiger partial charge on any atom is -0.378 e. The van der Waals surface area contributed by atoms with Gasteiger partial charge < -0.3 is 19.4 Å². The Kier molecular flexibility index (Phi) is 10.3. The van der Waals surface area contributed by atoms with Gasteiger partial charge in [-0.15, -0.1) is 11.3 Å². The number of carbonyl (C=O) groups excluding carboxylic acids is 1. The Morgan fingerprint density at radius 2 is 2.11 bits per heavy atom. The van der Waals surface area contributed by atoms with Crippen molar-refractivity contribution in [2.45, 2.75) is 6.54 Å². The molecule has 1 fully saturated rings. The van der Waals surface area contributed by atoms with E-state index in [1.165, 1.54) is 19.5 Å². The van der Waals surface area contributed by atoms with Crippen LogP contribution in [0.2, 0.25) is 0 Å². The second-order valence-corrected chi connectivity index (χ2v) is 8.77. The van der Waals surface area contributed by atoms with Crippen molar-refractivity contribution in [3.63, 3.8) is 0 Å². The van der Waals surface area contributed by atoms with Gasteiger partial charge in [-0.3, -0.25) is 19.7 Å². The molecule has 12 nitrogen and oxygen atoms in total. The first kappa shape index (κ1) is 27.2. The average molecular weight is 514 g/mol. The maximum absolute atomic E-state index is 11.0. The molecule has 1 saturated heterocycles. The standard InChI is InChI=1S/C22H26N8O2S.CH5NO/c1-23-11-16(14-31)12-24-15-28(2)13-18-25-19-21(29(18)3)26-20(17-5-4-10-33-17)27-22(19)30-6-8-32-9-7-30;1-2-3/h4-5,10-12,14H,1,6-9,13,15H2,2-3H3;2-3H,1H3/b16-11+,24-12-;. The summed E-state index contributed by atoms with van der Waals surface area (Å²) in [6, 6.07) is 4.03. The maximum Gasteiger partial charge on any atom is 0.174 e. The van der Waals surface area contributed by atoms with Crippen molar-refractivity contribution in [3.05, 3.63) is 35.1 Å². The Labute approximate surface area is 213 Å². The van der Waals surface area contributed by atoms with Crippen LogP contribution < -0.4 is 10.4 Å². The normalized spacial score (nSPS) is 14.4. The SMILES string of the molecule is C=N/C=C(C=O)\C=N/CN(C)Cc1nc2c(N3CCOCC3)nc(-c3cccs3)nc2n1C.CNO. The summed E-state index contributed by atoms with van der Waals surface area (Å²) in [7, 11) is 5.34. The summed E-state index contributed by atoms with van der Waals surface area (Å²) >= 11 is 1.62. The number of aldehydes is 1. The van der Waals surface area contributed by atoms with Gasteiger partial charge in [-0.25, -0.2) is 20.4 Å². The molecule has 0 spiro atoms. The molecule has 36 heavy (non-hydrogen) atoms. The van der Waals surface area contributed by atoms with E-state index in [9.17, 15) is 4.79 Å². The Bertz CT molecular complexity index is 1200. The number of imidazole rings is 1. The lowest BCUT2D eigenvalue weighted by Crippen LogP contribution is -2.37. The first-order valence-electron chi connectivity index (χ1n) is 11.2. The number of anilines is 1. The molecule has 3 aromatic heterocycles. The number of hydrogen-bond acceptors (Lipinski definition) is 12. The van der Waals surface area contributed by atoms with E-state index in [1.54, 1.807) is 16.8 Å². The van der Waals surface area contributed by atoms with E-state index in [2.05, 4.69) is 21.6 Å². The van der Waals surface area contributed by atoms with Crippen LogP contribution in [0.1, 0.15) is 5.82 Å². The molecule has 4 heterocycles. The highest BCUT2D eigenvalue weighted by molar-refractivity contribution is 7.13. The van der Waals surface area contributed by atoms with Gasteiger partial charge in [-0.2, -0.15) is 0 Å². The number of nitrogens with zero attached hydrogens (tertiary/aromatic N) is 8. The Balaban J connectivity index is 0.00000115. The molecule has 0 saturated carbocycles. The average Bonchev–Trinajstić information content (AvgIpc) is 3.53. The van der Waals surface area contributed by atoms with Gasteiger partial charge in [0.25, 0.3) is 0 Å². The number of thiophene rings is 1. The molecule has 13 heteroatoms. The molecule has 1 aliphatic rings. The van der Waals surface area contributed by atoms with E-state index in [-0.39, 0.29) is 0 Å². The Hall–Kier alpha value is -3.36. The fourth-order valence-electron chi connectivity index (χ4n) is 3.52. The summed E-state index contributed by atoms with van der Waals surface area (Å²) in [5.41, 5.74) is 3.70. The highest BCUT2D eigenvalue weighted by Crippen LogP contribution is 2.30. The number of aliphatic imine (C=N–C) groups is 2. The number of morpholine rings is 1. The van der Waals surface area contributed by atoms with E-state index in [4.69, 9.17) is 24.9 Å². The highest BCUT2D eigenvalue weighted by Gasteiger charge is 2.23. The van der Waals surface area contributed by atoms with Gasteiger partial charge in [0.1, 0.15) is 5.82 Å². The first-order valence-corrected chi connectivity index (χ1v) is 12.1. The van der Waals surface area contributed by atoms with Crippen molar-refractivity contribution < 1.29 is 14.7 Å². The fourth-order valence-corrected chi connectivity index (χ4v) is 4.18. The van der Waals surface area contributed by atoms with Gasteiger partial charge in [-0.05, 0) is 25.2 Å². The third-order valence-corrected chi connectivity index (χ3v) is 6.06. The van der Waals surface area contributed by atoms with Crippen molar-refractivity contribution in [1.82, 2.24) is 29.9 Å². The predicted molar refractivity (Wildman–Crippen MR) is 142 cm³/mol. The van der Waals surface area contributed by atoms with E-state index >= 15 is 0 Å². The van der Waals surface area contributed by atoms with E-state index in [1.807, 2.05) is 41.1 Å². The highest BCUT2D eigenvalue weighted by atomic mass is 32.1. The number of allylic oxidation sites excluding steroid dienone is 1. The van der Waals surface area contributed by atoms with Crippen LogP contribution in [0.5, 0.6) is 0 Å². The Morgan fingerprint density at radius 3 is 2.75 bits per heavy atom. The van der Waals surface area contributed by atoms with Gasteiger partial charge in [0.05, 0.1) is 36.9 Å². The Morgan fingerprint density at radius 1 is 1.36 bits per heavy atom. The summed E-state index contributed by atoms with van der Waals surface area (Å²) in [5.74, 6) is 2.40. The monoisotopic (exact) mass is 513 g/mol. The first-order chi connectivity index (χ1) is 17.5. The summed E-state index contributed by atoms with van der Waals surface area (Å²) in [5, 5.41) is 9.35. The molecular formula is C23H31N9O3S. The molecule has 0 atom stereocenters. The van der Waals surface area contributed by atoms with E-state index in [0.29, 0.717) is 44.1 Å². The zero-order valence-electron chi connectivity index (χ0n) is 20.7. The number of hydrogen-bond donors (Lipinski definition) is 2. The number of aromatic nitrogens is 4. The number of ether oxygens (including phenoxy) is 1. The number of nitrogens with one attached hydrogen (secondary N) is 1. The van der Waals surface area contributed by atoms with Gasteiger partial charge in [0.2, 0.25) is 0 Å². The lowest BCUT2D eigenvalue weighted by atomic mass is 10.3. The molecule has 4 rings (SSSR count). The van der Waals surface area contributed by atoms with Gasteiger partial charge in [0.15, 0.2) is 29.1 Å². The summed E-state index contributed by atoms with van der Waals surface area (Å²) in [6.07, 6.45) is 3.56. The third-order valence-electron chi connectivity index (χ3n) is 5.20. The topological polar surface area (TPSA) is 133 Å². The van der Waals surface area contributed by atoms with E-state index < -0.39 is 0 Å². The zero-order chi connectivity index (χ0) is 25.9. The summed E-state index contributed by atoms with van der Waals surface area (Å²) in [4.78, 5) is 38.8. The number of rotatable bonds is 9. The zero-order valence-corrected chi connectivity index (χ0v) is 21.5. The number of fused-ring (bicyclic) bond motifs is 1. The summed E-state index contributed by atoms with van der Waals surface area (Å²) in [6.45, 7) is 7.17. The van der Waals surface area contributed by atoms with Crippen LogP contribution in [0, 0.1) is 0 Å². The molecule has 0 aromatic carbocycles.